The number of anilines is 3. The average Bonchev–Trinajstić information content (AvgIpc) is 3.75. The van der Waals surface area contributed by atoms with Gasteiger partial charge in [0.2, 0.25) is 0 Å². The summed E-state index contributed by atoms with van der Waals surface area (Å²) in [5, 5.41) is 0. The molecule has 7 aromatic rings. The molecule has 2 atom stereocenters. The van der Waals surface area contributed by atoms with Gasteiger partial charge in [0.1, 0.15) is 0 Å². The molecule has 0 amide bonds. The van der Waals surface area contributed by atoms with Gasteiger partial charge in [-0.3, -0.25) is 0 Å². The molecule has 0 aliphatic heterocycles. The largest absolute Gasteiger partial charge is 0.310 e. The smallest absolute Gasteiger partial charge is 0.0714 e. The van der Waals surface area contributed by atoms with Crippen molar-refractivity contribution in [2.75, 3.05) is 4.90 Å². The number of fused-ring (bicyclic) bond motifs is 9. The Kier molecular flexibility index (Phi) is 7.99. The third-order valence-electron chi connectivity index (χ3n) is 14.1. The molecule has 1 nitrogen and oxygen atoms in total. The van der Waals surface area contributed by atoms with E-state index in [9.17, 15) is 0 Å². The van der Waals surface area contributed by atoms with Crippen LogP contribution in [0.5, 0.6) is 0 Å². The molecule has 0 bridgehead atoms. The molecule has 0 aromatic heterocycles. The zero-order valence-corrected chi connectivity index (χ0v) is 34.5. The van der Waals surface area contributed by atoms with Crippen molar-refractivity contribution in [3.05, 3.63) is 275 Å². The summed E-state index contributed by atoms with van der Waals surface area (Å²) in [7, 11) is 0. The maximum atomic E-state index is 2.49. The number of rotatable bonds is 6. The van der Waals surface area contributed by atoms with Crippen LogP contribution in [0, 0.1) is 11.8 Å². The standard InChI is InChI=1S/C60H45N/c1-59(2)55-27-15-13-25-50(55)52-35-33-45(38-57(52)59)61(44-31-29-40(30-32-44)54-37-41-17-9-10-22-47(41)48-23-11-12-24-49(48)54)46-34-36-53-51-26-14-16-28-56(51)60(58(53)39-46,42-18-5-3-6-19-42)43-20-7-4-8-21-43/h3-39,47-48H,1-2H3. The SMILES string of the molecule is CC1(C)c2ccccc2-c2ccc(N(c3ccc(C4=C5C=CC=CC5C5C=CC=CC5=C4)cc3)c3ccc4c(c3)C(c3ccccc3)(c3ccccc3)c3ccccc3-4)cc21. The van der Waals surface area contributed by atoms with Crippen LogP contribution in [0.15, 0.2) is 236 Å². The molecule has 0 saturated heterocycles. The minimum Gasteiger partial charge on any atom is -0.310 e. The molecule has 5 aliphatic carbocycles. The summed E-state index contributed by atoms with van der Waals surface area (Å²) in [6, 6.07) is 63.9. The Balaban J connectivity index is 1.06. The number of allylic oxidation sites excluding steroid dienone is 12. The molecule has 0 spiro atoms. The average molecular weight is 780 g/mol. The molecule has 7 aromatic carbocycles. The molecule has 2 unspecified atom stereocenters. The van der Waals surface area contributed by atoms with Crippen LogP contribution in [-0.2, 0) is 10.8 Å². The Morgan fingerprint density at radius 3 is 1.64 bits per heavy atom. The van der Waals surface area contributed by atoms with Gasteiger partial charge in [0, 0.05) is 34.3 Å². The lowest BCUT2D eigenvalue weighted by atomic mass is 9.67. The molecule has 0 saturated carbocycles. The lowest BCUT2D eigenvalue weighted by Gasteiger charge is -2.35. The van der Waals surface area contributed by atoms with E-state index in [0.717, 1.165) is 17.1 Å². The molecule has 1 heteroatoms. The van der Waals surface area contributed by atoms with Crippen molar-refractivity contribution in [2.24, 2.45) is 11.8 Å². The van der Waals surface area contributed by atoms with E-state index >= 15 is 0 Å². The van der Waals surface area contributed by atoms with E-state index in [1.807, 2.05) is 0 Å². The molecular formula is C60H45N. The monoisotopic (exact) mass is 779 g/mol. The molecule has 12 rings (SSSR count). The van der Waals surface area contributed by atoms with E-state index < -0.39 is 5.41 Å². The van der Waals surface area contributed by atoms with Crippen LogP contribution in [0.3, 0.4) is 0 Å². The number of hydrogen-bond acceptors (Lipinski definition) is 1. The highest BCUT2D eigenvalue weighted by Crippen LogP contribution is 2.58. The molecule has 0 heterocycles. The Morgan fingerprint density at radius 1 is 0.426 bits per heavy atom. The van der Waals surface area contributed by atoms with Gasteiger partial charge in [-0.2, -0.15) is 0 Å². The maximum Gasteiger partial charge on any atom is 0.0714 e. The lowest BCUT2D eigenvalue weighted by molar-refractivity contribution is 0.618. The molecule has 0 fully saturated rings. The highest BCUT2D eigenvalue weighted by atomic mass is 15.1. The third-order valence-corrected chi connectivity index (χ3v) is 14.1. The van der Waals surface area contributed by atoms with Crippen LogP contribution in [0.4, 0.5) is 17.1 Å². The fraction of sp³-hybridized carbons (Fsp3) is 0.100. The van der Waals surface area contributed by atoms with Crippen molar-refractivity contribution in [3.8, 4) is 22.3 Å². The van der Waals surface area contributed by atoms with Gasteiger partial charge in [0.15, 0.2) is 0 Å². The van der Waals surface area contributed by atoms with Crippen LogP contribution in [0.25, 0.3) is 27.8 Å². The minimum absolute atomic E-state index is 0.131. The van der Waals surface area contributed by atoms with Crippen LogP contribution >= 0.6 is 0 Å². The van der Waals surface area contributed by atoms with Crippen molar-refractivity contribution in [1.82, 2.24) is 0 Å². The van der Waals surface area contributed by atoms with Gasteiger partial charge >= 0.3 is 0 Å². The Morgan fingerprint density at radius 2 is 0.951 bits per heavy atom. The lowest BCUT2D eigenvalue weighted by Crippen LogP contribution is -2.28. The number of benzene rings is 7. The van der Waals surface area contributed by atoms with Crippen molar-refractivity contribution in [1.29, 1.82) is 0 Å². The van der Waals surface area contributed by atoms with Crippen molar-refractivity contribution >= 4 is 22.6 Å². The Labute approximate surface area is 359 Å². The van der Waals surface area contributed by atoms with Gasteiger partial charge < -0.3 is 4.90 Å². The van der Waals surface area contributed by atoms with Crippen molar-refractivity contribution in [3.63, 3.8) is 0 Å². The van der Waals surface area contributed by atoms with Crippen LogP contribution in [-0.4, -0.2) is 0 Å². The van der Waals surface area contributed by atoms with E-state index in [2.05, 4.69) is 243 Å². The van der Waals surface area contributed by atoms with Crippen molar-refractivity contribution < 1.29 is 0 Å². The summed E-state index contributed by atoms with van der Waals surface area (Å²) in [4.78, 5) is 2.49. The Bertz CT molecular complexity index is 3050. The molecule has 0 radical (unpaired) electrons. The van der Waals surface area contributed by atoms with E-state index in [0.29, 0.717) is 11.8 Å². The summed E-state index contributed by atoms with van der Waals surface area (Å²) in [5.74, 6) is 0.709. The summed E-state index contributed by atoms with van der Waals surface area (Å²) >= 11 is 0. The molecular weight excluding hydrogens is 735 g/mol. The quantitative estimate of drug-likeness (QED) is 0.162. The maximum absolute atomic E-state index is 2.49. The summed E-state index contributed by atoms with van der Waals surface area (Å²) < 4.78 is 0. The first-order chi connectivity index (χ1) is 30.0. The predicted molar refractivity (Wildman–Crippen MR) is 255 cm³/mol. The first-order valence-electron chi connectivity index (χ1n) is 21.7. The van der Waals surface area contributed by atoms with Crippen molar-refractivity contribution in [2.45, 2.75) is 24.7 Å². The molecule has 61 heavy (non-hydrogen) atoms. The first kappa shape index (κ1) is 35.7. The topological polar surface area (TPSA) is 3.24 Å². The highest BCUT2D eigenvalue weighted by molar-refractivity contribution is 5.91. The predicted octanol–water partition coefficient (Wildman–Crippen LogP) is 15.0. The minimum atomic E-state index is -0.497. The number of hydrogen-bond donors (Lipinski definition) is 0. The van der Waals surface area contributed by atoms with E-state index in [1.165, 1.54) is 77.9 Å². The summed E-state index contributed by atoms with van der Waals surface area (Å²) in [6.45, 7) is 4.75. The highest BCUT2D eigenvalue weighted by Gasteiger charge is 2.46. The third kappa shape index (κ3) is 5.26. The zero-order chi connectivity index (χ0) is 40.7. The molecule has 0 N–H and O–H groups in total. The van der Waals surface area contributed by atoms with Crippen LogP contribution < -0.4 is 4.90 Å². The van der Waals surface area contributed by atoms with E-state index in [4.69, 9.17) is 0 Å². The Hall–Kier alpha value is -7.22. The first-order valence-corrected chi connectivity index (χ1v) is 21.7. The van der Waals surface area contributed by atoms with Crippen LogP contribution in [0.1, 0.15) is 52.8 Å². The molecule has 290 valence electrons. The fourth-order valence-corrected chi connectivity index (χ4v) is 11.3. The second-order valence-corrected chi connectivity index (χ2v) is 17.6. The van der Waals surface area contributed by atoms with Gasteiger partial charge in [-0.1, -0.05) is 202 Å². The second-order valence-electron chi connectivity index (χ2n) is 17.6. The van der Waals surface area contributed by atoms with Gasteiger partial charge in [-0.05, 0) is 114 Å². The number of nitrogens with zero attached hydrogens (tertiary/aromatic N) is 1. The zero-order valence-electron chi connectivity index (χ0n) is 34.5. The van der Waals surface area contributed by atoms with Gasteiger partial charge in [-0.15, -0.1) is 0 Å². The van der Waals surface area contributed by atoms with Crippen LogP contribution in [0.2, 0.25) is 0 Å². The summed E-state index contributed by atoms with van der Waals surface area (Å²) in [5.41, 5.74) is 21.2. The summed E-state index contributed by atoms with van der Waals surface area (Å²) in [6.07, 6.45) is 20.5. The normalized spacial score (nSPS) is 19.0. The van der Waals surface area contributed by atoms with Gasteiger partial charge in [0.25, 0.3) is 0 Å². The van der Waals surface area contributed by atoms with E-state index in [-0.39, 0.29) is 5.41 Å². The fourth-order valence-electron chi connectivity index (χ4n) is 11.3. The van der Waals surface area contributed by atoms with E-state index in [1.54, 1.807) is 0 Å². The van der Waals surface area contributed by atoms with Gasteiger partial charge in [0.05, 0.1) is 5.41 Å². The van der Waals surface area contributed by atoms with Gasteiger partial charge in [-0.25, -0.2) is 0 Å². The molecule has 5 aliphatic rings. The second kappa shape index (κ2) is 13.7.